The molecule has 5 nitrogen and oxygen atoms in total. The number of hydrogen-bond acceptors (Lipinski definition) is 3. The summed E-state index contributed by atoms with van der Waals surface area (Å²) in [5, 5.41) is 11.4. The standard InChI is InChI=1S/C6H9N3O2/c1-7-3-9-4-8-2-5(9)6(10)11/h2,4,7H,3H2,1H3,(H,10,11). The third-order valence-corrected chi connectivity index (χ3v) is 1.26. The highest BCUT2D eigenvalue weighted by atomic mass is 16.4. The van der Waals surface area contributed by atoms with Gasteiger partial charge in [0, 0.05) is 0 Å². The maximum absolute atomic E-state index is 10.5. The van der Waals surface area contributed by atoms with Crippen molar-refractivity contribution in [2.24, 2.45) is 0 Å². The molecule has 1 aromatic rings. The zero-order chi connectivity index (χ0) is 8.27. The molecule has 2 N–H and O–H groups in total. The second-order valence-corrected chi connectivity index (χ2v) is 2.07. The molecule has 0 aliphatic heterocycles. The number of nitrogens with one attached hydrogen (secondary N) is 1. The monoisotopic (exact) mass is 155 g/mol. The summed E-state index contributed by atoms with van der Waals surface area (Å²) in [6, 6.07) is 0. The summed E-state index contributed by atoms with van der Waals surface area (Å²) in [6.45, 7) is 0.460. The van der Waals surface area contributed by atoms with Crippen LogP contribution in [0, 0.1) is 0 Å². The van der Waals surface area contributed by atoms with Crippen LogP contribution >= 0.6 is 0 Å². The predicted octanol–water partition coefficient (Wildman–Crippen LogP) is -0.242. The molecule has 0 radical (unpaired) electrons. The molecule has 0 aromatic carbocycles. The lowest BCUT2D eigenvalue weighted by atomic mass is 10.5. The van der Waals surface area contributed by atoms with E-state index in [1.165, 1.54) is 17.1 Å². The number of imidazole rings is 1. The van der Waals surface area contributed by atoms with Crippen molar-refractivity contribution in [3.05, 3.63) is 18.2 Å². The summed E-state index contributed by atoms with van der Waals surface area (Å²) in [5.41, 5.74) is 0.194. The molecule has 5 heteroatoms. The molecule has 0 spiro atoms. The molecular weight excluding hydrogens is 146 g/mol. The van der Waals surface area contributed by atoms with Crippen LogP contribution in [0.25, 0.3) is 0 Å². The fourth-order valence-electron chi connectivity index (χ4n) is 0.795. The molecule has 0 saturated carbocycles. The Balaban J connectivity index is 2.87. The van der Waals surface area contributed by atoms with E-state index in [1.807, 2.05) is 0 Å². The summed E-state index contributed by atoms with van der Waals surface area (Å²) in [4.78, 5) is 14.2. The van der Waals surface area contributed by atoms with Crippen molar-refractivity contribution < 1.29 is 9.90 Å². The normalized spacial score (nSPS) is 9.91. The van der Waals surface area contributed by atoms with Gasteiger partial charge in [0.2, 0.25) is 0 Å². The largest absolute Gasteiger partial charge is 0.477 e. The summed E-state index contributed by atoms with van der Waals surface area (Å²) >= 11 is 0. The van der Waals surface area contributed by atoms with Gasteiger partial charge in [-0.2, -0.15) is 0 Å². The molecule has 0 saturated heterocycles. The van der Waals surface area contributed by atoms with Gasteiger partial charge in [0.15, 0.2) is 0 Å². The molecule has 0 atom stereocenters. The Morgan fingerprint density at radius 3 is 3.18 bits per heavy atom. The van der Waals surface area contributed by atoms with Crippen molar-refractivity contribution in [3.8, 4) is 0 Å². The second kappa shape index (κ2) is 3.16. The summed E-state index contributed by atoms with van der Waals surface area (Å²) in [7, 11) is 1.74. The van der Waals surface area contributed by atoms with Gasteiger partial charge >= 0.3 is 5.97 Å². The van der Waals surface area contributed by atoms with E-state index >= 15 is 0 Å². The number of carboxylic acids is 1. The summed E-state index contributed by atoms with van der Waals surface area (Å²) in [6.07, 6.45) is 2.79. The van der Waals surface area contributed by atoms with Crippen LogP contribution in [0.15, 0.2) is 12.5 Å². The van der Waals surface area contributed by atoms with Crippen molar-refractivity contribution in [3.63, 3.8) is 0 Å². The van der Waals surface area contributed by atoms with Crippen LogP contribution < -0.4 is 5.32 Å². The average molecular weight is 155 g/mol. The van der Waals surface area contributed by atoms with E-state index < -0.39 is 5.97 Å². The minimum absolute atomic E-state index is 0.194. The van der Waals surface area contributed by atoms with Crippen LogP contribution in [0.2, 0.25) is 0 Å². The van der Waals surface area contributed by atoms with Gasteiger partial charge in [0.05, 0.1) is 19.2 Å². The Morgan fingerprint density at radius 2 is 2.64 bits per heavy atom. The highest BCUT2D eigenvalue weighted by Gasteiger charge is 2.07. The van der Waals surface area contributed by atoms with E-state index in [2.05, 4.69) is 10.3 Å². The second-order valence-electron chi connectivity index (χ2n) is 2.07. The number of aromatic carboxylic acids is 1. The van der Waals surface area contributed by atoms with E-state index in [4.69, 9.17) is 5.11 Å². The summed E-state index contributed by atoms with van der Waals surface area (Å²) in [5.74, 6) is -0.960. The Morgan fingerprint density at radius 1 is 1.91 bits per heavy atom. The molecule has 1 rings (SSSR count). The van der Waals surface area contributed by atoms with Crippen molar-refractivity contribution in [1.82, 2.24) is 14.9 Å². The number of carboxylic acid groups (broad SMARTS) is 1. The fourth-order valence-corrected chi connectivity index (χ4v) is 0.795. The van der Waals surface area contributed by atoms with Crippen molar-refractivity contribution in [2.45, 2.75) is 6.67 Å². The molecule has 60 valence electrons. The Kier molecular flexibility index (Phi) is 2.22. The van der Waals surface area contributed by atoms with Crippen LogP contribution in [-0.2, 0) is 6.67 Å². The van der Waals surface area contributed by atoms with Crippen LogP contribution in [0.3, 0.4) is 0 Å². The van der Waals surface area contributed by atoms with Crippen molar-refractivity contribution >= 4 is 5.97 Å². The van der Waals surface area contributed by atoms with E-state index in [0.717, 1.165) is 0 Å². The first kappa shape index (κ1) is 7.74. The zero-order valence-electron chi connectivity index (χ0n) is 6.11. The minimum Gasteiger partial charge on any atom is -0.477 e. The van der Waals surface area contributed by atoms with Gasteiger partial charge in [0.1, 0.15) is 5.69 Å². The number of carbonyl (C=O) groups is 1. The molecular formula is C6H9N3O2. The van der Waals surface area contributed by atoms with Gasteiger partial charge < -0.3 is 15.0 Å². The first-order chi connectivity index (χ1) is 5.25. The van der Waals surface area contributed by atoms with Gasteiger partial charge in [0.25, 0.3) is 0 Å². The number of aromatic nitrogens is 2. The molecule has 1 aromatic heterocycles. The zero-order valence-corrected chi connectivity index (χ0v) is 6.11. The van der Waals surface area contributed by atoms with Gasteiger partial charge in [-0.05, 0) is 7.05 Å². The van der Waals surface area contributed by atoms with Crippen molar-refractivity contribution in [1.29, 1.82) is 0 Å². The fraction of sp³-hybridized carbons (Fsp3) is 0.333. The Bertz CT molecular complexity index is 256. The predicted molar refractivity (Wildman–Crippen MR) is 38.2 cm³/mol. The highest BCUT2D eigenvalue weighted by molar-refractivity contribution is 5.85. The maximum Gasteiger partial charge on any atom is 0.354 e. The van der Waals surface area contributed by atoms with Crippen LogP contribution in [0.4, 0.5) is 0 Å². The lowest BCUT2D eigenvalue weighted by Crippen LogP contribution is -2.16. The van der Waals surface area contributed by atoms with E-state index in [0.29, 0.717) is 6.67 Å². The first-order valence-electron chi connectivity index (χ1n) is 3.13. The third-order valence-electron chi connectivity index (χ3n) is 1.26. The van der Waals surface area contributed by atoms with E-state index in [-0.39, 0.29) is 5.69 Å². The van der Waals surface area contributed by atoms with E-state index in [9.17, 15) is 4.79 Å². The third kappa shape index (κ3) is 1.56. The molecule has 0 fully saturated rings. The lowest BCUT2D eigenvalue weighted by Gasteiger charge is -2.01. The Hall–Kier alpha value is -1.36. The topological polar surface area (TPSA) is 67.2 Å². The quantitative estimate of drug-likeness (QED) is 0.632. The molecule has 0 aliphatic carbocycles. The number of nitrogens with zero attached hydrogens (tertiary/aromatic N) is 2. The van der Waals surface area contributed by atoms with Gasteiger partial charge in [-0.15, -0.1) is 0 Å². The molecule has 0 aliphatic rings. The van der Waals surface area contributed by atoms with Crippen molar-refractivity contribution in [2.75, 3.05) is 7.05 Å². The number of hydrogen-bond donors (Lipinski definition) is 2. The van der Waals surface area contributed by atoms with Crippen LogP contribution in [0.1, 0.15) is 10.5 Å². The van der Waals surface area contributed by atoms with Gasteiger partial charge in [-0.1, -0.05) is 0 Å². The van der Waals surface area contributed by atoms with Gasteiger partial charge in [-0.3, -0.25) is 0 Å². The van der Waals surface area contributed by atoms with E-state index in [1.54, 1.807) is 7.05 Å². The molecule has 11 heavy (non-hydrogen) atoms. The smallest absolute Gasteiger partial charge is 0.354 e. The molecule has 0 amide bonds. The minimum atomic E-state index is -0.960. The first-order valence-corrected chi connectivity index (χ1v) is 3.13. The molecule has 0 unspecified atom stereocenters. The average Bonchev–Trinajstić information content (AvgIpc) is 2.36. The maximum atomic E-state index is 10.5. The van der Waals surface area contributed by atoms with Crippen LogP contribution in [-0.4, -0.2) is 27.7 Å². The summed E-state index contributed by atoms with van der Waals surface area (Å²) < 4.78 is 1.52. The number of rotatable bonds is 3. The highest BCUT2D eigenvalue weighted by Crippen LogP contribution is 1.96. The lowest BCUT2D eigenvalue weighted by molar-refractivity contribution is 0.0684. The molecule has 1 heterocycles. The SMILES string of the molecule is CNCn1cncc1C(=O)O. The van der Waals surface area contributed by atoms with Crippen LogP contribution in [0.5, 0.6) is 0 Å². The van der Waals surface area contributed by atoms with Gasteiger partial charge in [-0.25, -0.2) is 9.78 Å². The molecule has 0 bridgehead atoms. The Labute approximate surface area is 63.7 Å².